The fourth-order valence-corrected chi connectivity index (χ4v) is 8.82. The van der Waals surface area contributed by atoms with Gasteiger partial charge in [0, 0.05) is 48.3 Å². The lowest BCUT2D eigenvalue weighted by Gasteiger charge is -2.31. The highest BCUT2D eigenvalue weighted by Gasteiger charge is 2.27. The molecule has 4 aromatic carbocycles. The number of hydrogen-bond acceptors (Lipinski definition) is 6. The Morgan fingerprint density at radius 2 is 1.20 bits per heavy atom. The Kier molecular flexibility index (Phi) is 12.6. The van der Waals surface area contributed by atoms with Gasteiger partial charge < -0.3 is 29.2 Å². The van der Waals surface area contributed by atoms with E-state index in [-0.39, 0.29) is 16.9 Å². The van der Waals surface area contributed by atoms with E-state index in [1.165, 1.54) is 40.3 Å². The third kappa shape index (κ3) is 9.80. The second kappa shape index (κ2) is 18.5. The van der Waals surface area contributed by atoms with Crippen LogP contribution in [0.2, 0.25) is 0 Å². The van der Waals surface area contributed by atoms with E-state index in [9.17, 15) is 24.2 Å². The summed E-state index contributed by atoms with van der Waals surface area (Å²) < 4.78 is 27.7. The van der Waals surface area contributed by atoms with Crippen LogP contribution in [0.1, 0.15) is 82.2 Å². The van der Waals surface area contributed by atoms with Gasteiger partial charge in [0.1, 0.15) is 41.7 Å². The van der Waals surface area contributed by atoms with Crippen LogP contribution < -0.4 is 9.47 Å². The maximum atomic E-state index is 13.9. The van der Waals surface area contributed by atoms with Crippen molar-refractivity contribution in [2.24, 2.45) is 5.92 Å². The summed E-state index contributed by atoms with van der Waals surface area (Å²) in [7, 11) is 0. The van der Waals surface area contributed by atoms with Gasteiger partial charge in [-0.25, -0.2) is 14.0 Å². The number of fused-ring (bicyclic) bond motifs is 2. The lowest BCUT2D eigenvalue weighted by atomic mass is 9.89. The molecule has 4 heterocycles. The third-order valence-corrected chi connectivity index (χ3v) is 12.3. The Morgan fingerprint density at radius 1 is 0.661 bits per heavy atom. The number of aromatic amines is 1. The van der Waals surface area contributed by atoms with E-state index in [1.807, 2.05) is 6.07 Å². The summed E-state index contributed by atoms with van der Waals surface area (Å²) in [6.07, 6.45) is 11.4. The van der Waals surface area contributed by atoms with Crippen molar-refractivity contribution >= 4 is 33.7 Å². The number of nitrogens with one attached hydrogen (secondary N) is 1. The number of hydrogen-bond donors (Lipinski definition) is 3. The highest BCUT2D eigenvalue weighted by atomic mass is 19.1. The Morgan fingerprint density at radius 3 is 1.78 bits per heavy atom. The molecule has 9 rings (SSSR count). The van der Waals surface area contributed by atoms with Gasteiger partial charge in [-0.1, -0.05) is 42.5 Å². The van der Waals surface area contributed by atoms with E-state index >= 15 is 0 Å². The number of halogens is 1. The number of likely N-dealkylation sites (tertiary alicyclic amines) is 2. The van der Waals surface area contributed by atoms with E-state index in [2.05, 4.69) is 56.0 Å². The van der Waals surface area contributed by atoms with Crippen LogP contribution in [-0.4, -0.2) is 94.0 Å². The van der Waals surface area contributed by atoms with E-state index < -0.39 is 11.9 Å². The summed E-state index contributed by atoms with van der Waals surface area (Å²) in [5, 5.41) is 21.0. The fourth-order valence-electron chi connectivity index (χ4n) is 8.82. The predicted octanol–water partition coefficient (Wildman–Crippen LogP) is 9.27. The molecule has 2 aromatic heterocycles. The van der Waals surface area contributed by atoms with Crippen LogP contribution in [0, 0.1) is 11.7 Å². The van der Waals surface area contributed by atoms with Crippen molar-refractivity contribution in [2.75, 3.05) is 52.5 Å². The maximum Gasteiger partial charge on any atom is 0.339 e. The molecule has 308 valence electrons. The van der Waals surface area contributed by atoms with Crippen molar-refractivity contribution in [1.29, 1.82) is 0 Å². The second-order valence-electron chi connectivity index (χ2n) is 16.2. The van der Waals surface area contributed by atoms with Crippen LogP contribution in [-0.2, 0) is 6.54 Å². The van der Waals surface area contributed by atoms with Crippen molar-refractivity contribution in [3.05, 3.63) is 131 Å². The van der Waals surface area contributed by atoms with Gasteiger partial charge in [0.05, 0.1) is 5.52 Å². The van der Waals surface area contributed by atoms with Gasteiger partial charge in [-0.2, -0.15) is 0 Å². The van der Waals surface area contributed by atoms with E-state index in [4.69, 9.17) is 9.47 Å². The van der Waals surface area contributed by atoms with Crippen molar-refractivity contribution < 1.29 is 33.7 Å². The summed E-state index contributed by atoms with van der Waals surface area (Å²) in [5.41, 5.74) is 5.44. The number of nitrogens with zero attached hydrogens (tertiary/aromatic N) is 3. The van der Waals surface area contributed by atoms with E-state index in [0.717, 1.165) is 82.9 Å². The molecule has 1 aliphatic carbocycles. The largest absolute Gasteiger partial charge is 0.491 e. The van der Waals surface area contributed by atoms with Crippen molar-refractivity contribution in [3.63, 3.8) is 0 Å². The SMILES string of the molecule is O=C(O)c1ccccc1OCCN1CCC(c2c[nH]c3ccccc23)CC1.O=C(O)c1ccccc1OCCN1CCC(c2cn(CC3CC3)c3cc(F)ccc23)CC1. The molecule has 0 atom stereocenters. The summed E-state index contributed by atoms with van der Waals surface area (Å²) in [5.74, 6) is 0.587. The molecular weight excluding hydrogens is 748 g/mol. The standard InChI is InChI=1S/C26H29FN2O3.C22H24N2O3/c27-20-7-8-21-23(17-29(24(21)15-20)16-18-5-6-18)19-9-11-28(12-10-19)13-14-32-25-4-2-1-3-22(25)26(30)31;25-22(26)18-6-2-4-8-21(18)27-14-13-24-11-9-16(10-12-24)19-15-23-20-7-3-1-5-17(19)20/h1-4,7-8,15,17-19H,5-6,9-14,16H2,(H,30,31);1-8,15-16,23H,9-14H2,(H,25,26). The third-order valence-electron chi connectivity index (χ3n) is 12.3. The smallest absolute Gasteiger partial charge is 0.339 e. The van der Waals surface area contributed by atoms with Crippen LogP contribution in [0.3, 0.4) is 0 Å². The molecular formula is C48H53FN4O6. The van der Waals surface area contributed by atoms with Crippen LogP contribution in [0.5, 0.6) is 11.5 Å². The molecule has 10 nitrogen and oxygen atoms in total. The molecule has 6 aromatic rings. The topological polar surface area (TPSA) is 120 Å². The summed E-state index contributed by atoms with van der Waals surface area (Å²) in [6, 6.07) is 27.3. The molecule has 0 unspecified atom stereocenters. The molecule has 3 aliphatic rings. The molecule has 0 bridgehead atoms. The number of ether oxygens (including phenoxy) is 2. The van der Waals surface area contributed by atoms with E-state index in [0.29, 0.717) is 36.5 Å². The number of carboxylic acid groups (broad SMARTS) is 2. The number of carboxylic acids is 2. The first kappa shape index (κ1) is 40.1. The molecule has 11 heteroatoms. The minimum absolute atomic E-state index is 0.168. The molecule has 59 heavy (non-hydrogen) atoms. The average Bonchev–Trinajstić information content (AvgIpc) is 3.87. The Labute approximate surface area is 344 Å². The van der Waals surface area contributed by atoms with Crippen LogP contribution in [0.15, 0.2) is 103 Å². The van der Waals surface area contributed by atoms with Gasteiger partial charge in [0.15, 0.2) is 0 Å². The number of piperidine rings is 2. The van der Waals surface area contributed by atoms with Gasteiger partial charge in [-0.05, 0) is 142 Å². The van der Waals surface area contributed by atoms with Gasteiger partial charge in [-0.15, -0.1) is 0 Å². The highest BCUT2D eigenvalue weighted by Crippen LogP contribution is 2.38. The quantitative estimate of drug-likeness (QED) is 0.0998. The highest BCUT2D eigenvalue weighted by molar-refractivity contribution is 5.91. The number of aromatic carboxylic acids is 2. The van der Waals surface area contributed by atoms with Gasteiger partial charge in [0.25, 0.3) is 0 Å². The first-order valence-electron chi connectivity index (χ1n) is 21.0. The summed E-state index contributed by atoms with van der Waals surface area (Å²) in [6.45, 7) is 7.58. The zero-order chi connectivity index (χ0) is 40.7. The number of H-pyrrole nitrogens is 1. The Bertz CT molecular complexity index is 2370. The summed E-state index contributed by atoms with van der Waals surface area (Å²) >= 11 is 0. The molecule has 3 N–H and O–H groups in total. The van der Waals surface area contributed by atoms with Crippen molar-refractivity contribution in [3.8, 4) is 11.5 Å². The van der Waals surface area contributed by atoms with Gasteiger partial charge in [0.2, 0.25) is 0 Å². The number of benzene rings is 4. The molecule has 2 aliphatic heterocycles. The Balaban J connectivity index is 0.000000167. The molecule has 0 spiro atoms. The van der Waals surface area contributed by atoms with Crippen LogP contribution >= 0.6 is 0 Å². The zero-order valence-corrected chi connectivity index (χ0v) is 33.4. The second-order valence-corrected chi connectivity index (χ2v) is 16.2. The first-order valence-corrected chi connectivity index (χ1v) is 21.0. The number of carbonyl (C=O) groups is 2. The monoisotopic (exact) mass is 800 g/mol. The number of aromatic nitrogens is 2. The number of rotatable bonds is 14. The van der Waals surface area contributed by atoms with Crippen LogP contribution in [0.4, 0.5) is 4.39 Å². The van der Waals surface area contributed by atoms with Crippen LogP contribution in [0.25, 0.3) is 21.8 Å². The lowest BCUT2D eigenvalue weighted by molar-refractivity contribution is 0.0680. The van der Waals surface area contributed by atoms with E-state index in [1.54, 1.807) is 60.7 Å². The number of para-hydroxylation sites is 3. The molecule has 0 amide bonds. The molecule has 0 radical (unpaired) electrons. The van der Waals surface area contributed by atoms with Gasteiger partial charge >= 0.3 is 11.9 Å². The predicted molar refractivity (Wildman–Crippen MR) is 228 cm³/mol. The minimum atomic E-state index is -0.970. The molecule has 2 saturated heterocycles. The maximum absolute atomic E-state index is 13.9. The lowest BCUT2D eigenvalue weighted by Crippen LogP contribution is -2.35. The summed E-state index contributed by atoms with van der Waals surface area (Å²) in [4.78, 5) is 30.7. The molecule has 3 fully saturated rings. The zero-order valence-electron chi connectivity index (χ0n) is 33.4. The minimum Gasteiger partial charge on any atom is -0.491 e. The normalized spacial score (nSPS) is 16.8. The molecule has 1 saturated carbocycles. The van der Waals surface area contributed by atoms with Gasteiger partial charge in [-0.3, -0.25) is 9.80 Å². The average molecular weight is 801 g/mol. The fraction of sp³-hybridized carbons (Fsp3) is 0.375. The van der Waals surface area contributed by atoms with Crippen molar-refractivity contribution in [2.45, 2.75) is 56.9 Å². The van der Waals surface area contributed by atoms with Crippen molar-refractivity contribution in [1.82, 2.24) is 19.4 Å². The first-order chi connectivity index (χ1) is 28.8. The Hall–Kier alpha value is -5.65.